The van der Waals surface area contributed by atoms with Crippen molar-refractivity contribution in [1.29, 1.82) is 0 Å². The number of aryl methyl sites for hydroxylation is 2. The van der Waals surface area contributed by atoms with Gasteiger partial charge in [-0.3, -0.25) is 9.59 Å². The predicted molar refractivity (Wildman–Crippen MR) is 186 cm³/mol. The van der Waals surface area contributed by atoms with Crippen molar-refractivity contribution >= 4 is 55.6 Å². The van der Waals surface area contributed by atoms with Crippen LogP contribution in [0.4, 0.5) is 0 Å². The molecule has 0 spiro atoms. The first-order valence-electron chi connectivity index (χ1n) is 16.3. The molecule has 3 heterocycles. The molecule has 0 atom stereocenters. The highest BCUT2D eigenvalue weighted by Gasteiger charge is 2.44. The molecule has 0 radical (unpaired) electrons. The van der Waals surface area contributed by atoms with Gasteiger partial charge in [0.25, 0.3) is 5.91 Å². The van der Waals surface area contributed by atoms with Crippen molar-refractivity contribution in [1.82, 2.24) is 29.4 Å². The van der Waals surface area contributed by atoms with Crippen molar-refractivity contribution in [2.45, 2.75) is 83.7 Å². The fraction of sp³-hybridized carbons (Fsp3) is 0.378. The van der Waals surface area contributed by atoms with Gasteiger partial charge in [0.15, 0.2) is 11.6 Å². The summed E-state index contributed by atoms with van der Waals surface area (Å²) in [6.45, 7) is 5.54. The van der Waals surface area contributed by atoms with E-state index in [0.717, 1.165) is 81.2 Å². The maximum absolute atomic E-state index is 14.0. The Kier molecular flexibility index (Phi) is 7.91. The topological polar surface area (TPSA) is 94.7 Å². The van der Waals surface area contributed by atoms with Crippen LogP contribution in [0.15, 0.2) is 58.8 Å². The van der Waals surface area contributed by atoms with Crippen LogP contribution in [-0.4, -0.2) is 35.8 Å². The lowest BCUT2D eigenvalue weighted by Gasteiger charge is -2.41. The normalized spacial score (nSPS) is 16.9. The fourth-order valence-corrected chi connectivity index (χ4v) is 7.55. The highest BCUT2D eigenvalue weighted by Crippen LogP contribution is 2.43. The number of hydrogen-bond acceptors (Lipinski definition) is 5. The summed E-state index contributed by atoms with van der Waals surface area (Å²) in [6, 6.07) is 12.5. The molecular formula is C37H39BrN6O2. The molecule has 236 valence electrons. The number of amides is 1. The average molecular weight is 680 g/mol. The minimum atomic E-state index is -0.537. The molecule has 9 heteroatoms. The molecule has 3 aromatic heterocycles. The van der Waals surface area contributed by atoms with Crippen LogP contribution in [0, 0.1) is 6.92 Å². The van der Waals surface area contributed by atoms with Crippen molar-refractivity contribution in [2.75, 3.05) is 0 Å². The molecule has 1 amide bonds. The van der Waals surface area contributed by atoms with Crippen molar-refractivity contribution in [3.05, 3.63) is 81.4 Å². The second kappa shape index (κ2) is 11.9. The molecule has 2 aliphatic carbocycles. The number of nitrogens with one attached hydrogen (secondary N) is 1. The number of carbonyl (C=O) groups excluding carboxylic acids is 2. The lowest BCUT2D eigenvalue weighted by atomic mass is 9.75. The Balaban J connectivity index is 1.24. The number of fused-ring (bicyclic) bond motifs is 2. The van der Waals surface area contributed by atoms with Crippen LogP contribution >= 0.6 is 15.9 Å². The Hall–Kier alpha value is -4.11. The van der Waals surface area contributed by atoms with Gasteiger partial charge in [0.1, 0.15) is 5.82 Å². The van der Waals surface area contributed by atoms with E-state index in [1.54, 1.807) is 19.3 Å². The number of allylic oxidation sites excluding steroid dienone is 1. The number of imidazole rings is 1. The summed E-state index contributed by atoms with van der Waals surface area (Å²) in [5.74, 6) is 1.53. The first kappa shape index (κ1) is 30.5. The van der Waals surface area contributed by atoms with E-state index in [1.165, 1.54) is 19.3 Å². The summed E-state index contributed by atoms with van der Waals surface area (Å²) in [5.41, 5.74) is 6.87. The third-order valence-corrected chi connectivity index (χ3v) is 10.5. The van der Waals surface area contributed by atoms with Gasteiger partial charge >= 0.3 is 0 Å². The van der Waals surface area contributed by atoms with Gasteiger partial charge in [-0.25, -0.2) is 15.0 Å². The molecular weight excluding hydrogens is 640 g/mol. The molecule has 0 bridgehead atoms. The lowest BCUT2D eigenvalue weighted by molar-refractivity contribution is -0.113. The minimum Gasteiger partial charge on any atom is -0.339 e. The van der Waals surface area contributed by atoms with Crippen LogP contribution in [0.1, 0.15) is 98.6 Å². The fourth-order valence-electron chi connectivity index (χ4n) is 7.35. The Labute approximate surface area is 277 Å². The number of carbonyl (C=O) groups is 2. The van der Waals surface area contributed by atoms with Crippen LogP contribution in [0.3, 0.4) is 0 Å². The van der Waals surface area contributed by atoms with Crippen LogP contribution in [0.25, 0.3) is 39.5 Å². The second-order valence-corrected chi connectivity index (χ2v) is 14.0. The van der Waals surface area contributed by atoms with Gasteiger partial charge in [0.05, 0.1) is 26.7 Å². The van der Waals surface area contributed by atoms with E-state index in [-0.39, 0.29) is 11.7 Å². The van der Waals surface area contributed by atoms with Crippen LogP contribution < -0.4 is 5.32 Å². The summed E-state index contributed by atoms with van der Waals surface area (Å²) in [6.07, 6.45) is 14.1. The molecule has 46 heavy (non-hydrogen) atoms. The van der Waals surface area contributed by atoms with Gasteiger partial charge in [-0.2, -0.15) is 0 Å². The first-order chi connectivity index (χ1) is 22.1. The molecule has 1 N–H and O–H groups in total. The zero-order valence-corrected chi connectivity index (χ0v) is 28.4. The first-order valence-corrected chi connectivity index (χ1v) is 17.1. The summed E-state index contributed by atoms with van der Waals surface area (Å²) < 4.78 is 5.37. The zero-order chi connectivity index (χ0) is 32.2. The molecule has 0 saturated heterocycles. The number of nitrogens with zero attached hydrogens (tertiary/aromatic N) is 5. The van der Waals surface area contributed by atoms with E-state index in [2.05, 4.69) is 59.4 Å². The maximum Gasteiger partial charge on any atom is 0.252 e. The molecule has 0 aliphatic heterocycles. The van der Waals surface area contributed by atoms with Crippen LogP contribution in [0.5, 0.6) is 0 Å². The second-order valence-electron chi connectivity index (χ2n) is 13.1. The van der Waals surface area contributed by atoms with Gasteiger partial charge < -0.3 is 14.5 Å². The molecule has 2 aliphatic rings. The number of rotatable bonds is 7. The van der Waals surface area contributed by atoms with Gasteiger partial charge in [0, 0.05) is 41.9 Å². The Morgan fingerprint density at radius 2 is 1.72 bits per heavy atom. The van der Waals surface area contributed by atoms with Crippen molar-refractivity contribution in [3.8, 4) is 11.5 Å². The number of benzene rings is 2. The average Bonchev–Trinajstić information content (AvgIpc) is 3.52. The molecule has 2 aromatic carbocycles. The van der Waals surface area contributed by atoms with Crippen molar-refractivity contribution < 1.29 is 9.59 Å². The molecule has 0 unspecified atom stereocenters. The monoisotopic (exact) mass is 678 g/mol. The zero-order valence-electron chi connectivity index (χ0n) is 26.9. The third kappa shape index (κ3) is 5.28. The van der Waals surface area contributed by atoms with E-state index < -0.39 is 5.54 Å². The Morgan fingerprint density at radius 1 is 0.978 bits per heavy atom. The maximum atomic E-state index is 14.0. The molecule has 7 rings (SSSR count). The third-order valence-electron chi connectivity index (χ3n) is 10.1. The molecule has 2 fully saturated rings. The minimum absolute atomic E-state index is 0.0544. The molecule has 8 nitrogen and oxygen atoms in total. The molecule has 5 aromatic rings. The van der Waals surface area contributed by atoms with Gasteiger partial charge in [-0.1, -0.05) is 25.3 Å². The number of aromatic nitrogens is 5. The smallest absolute Gasteiger partial charge is 0.252 e. The summed E-state index contributed by atoms with van der Waals surface area (Å²) in [5, 5.41) is 4.48. The highest BCUT2D eigenvalue weighted by atomic mass is 79.9. The van der Waals surface area contributed by atoms with E-state index in [1.807, 2.05) is 44.3 Å². The summed E-state index contributed by atoms with van der Waals surface area (Å²) in [7, 11) is 2.01. The standard InChI is InChI=1S/C37H39BrN6O2/c1-22(24(3)45)17-25-11-13-30-32(18-25)43(4)36(41-30)37(15-8-16-37)42-35(46)26-12-14-31-29(19-26)23(2)33(34-39-20-27(38)21-40-34)44(31)28-9-6-5-7-10-28/h11-14,17-21,28H,5-10,15-16H2,1-4H3,(H,42,46)/b22-17+. The van der Waals surface area contributed by atoms with Gasteiger partial charge in [0.2, 0.25) is 0 Å². The van der Waals surface area contributed by atoms with Crippen molar-refractivity contribution in [2.24, 2.45) is 7.05 Å². The highest BCUT2D eigenvalue weighted by molar-refractivity contribution is 9.10. The van der Waals surface area contributed by atoms with E-state index >= 15 is 0 Å². The number of hydrogen-bond donors (Lipinski definition) is 1. The van der Waals surface area contributed by atoms with Crippen LogP contribution in [-0.2, 0) is 17.4 Å². The predicted octanol–water partition coefficient (Wildman–Crippen LogP) is 8.36. The molecule has 2 saturated carbocycles. The van der Waals surface area contributed by atoms with Gasteiger partial charge in [-0.05, 0) is 122 Å². The summed E-state index contributed by atoms with van der Waals surface area (Å²) in [4.78, 5) is 40.2. The van der Waals surface area contributed by atoms with E-state index in [4.69, 9.17) is 4.98 Å². The largest absolute Gasteiger partial charge is 0.339 e. The Morgan fingerprint density at radius 3 is 2.39 bits per heavy atom. The lowest BCUT2D eigenvalue weighted by Crippen LogP contribution is -2.52. The van der Waals surface area contributed by atoms with Crippen molar-refractivity contribution in [3.63, 3.8) is 0 Å². The van der Waals surface area contributed by atoms with E-state index in [0.29, 0.717) is 23.0 Å². The summed E-state index contributed by atoms with van der Waals surface area (Å²) >= 11 is 3.48. The van der Waals surface area contributed by atoms with E-state index in [9.17, 15) is 9.59 Å². The Bertz CT molecular complexity index is 2030. The quantitative estimate of drug-likeness (QED) is 0.175. The van der Waals surface area contributed by atoms with Gasteiger partial charge in [-0.15, -0.1) is 0 Å². The number of ketones is 1. The van der Waals surface area contributed by atoms with Crippen LogP contribution in [0.2, 0.25) is 0 Å². The number of Topliss-reactive ketones (excluding diaryl/α,β-unsaturated/α-hetero) is 1. The number of halogens is 1. The SMILES string of the molecule is CC(=O)/C(C)=C/c1ccc2nc(C3(NC(=O)c4ccc5c(c4)c(C)c(-c4ncc(Br)cn4)n5C4CCCCC4)CCC3)n(C)c2c1.